The molecule has 1 heterocycles. The van der Waals surface area contributed by atoms with E-state index in [0.29, 0.717) is 29.4 Å². The predicted molar refractivity (Wildman–Crippen MR) is 104 cm³/mol. The van der Waals surface area contributed by atoms with Gasteiger partial charge in [-0.2, -0.15) is 0 Å². The average molecular weight is 440 g/mol. The van der Waals surface area contributed by atoms with Gasteiger partial charge in [-0.15, -0.1) is 0 Å². The number of halogens is 2. The lowest BCUT2D eigenvalue weighted by molar-refractivity contribution is -0.0197. The molecule has 3 rings (SSSR count). The molecule has 6 heteroatoms. The summed E-state index contributed by atoms with van der Waals surface area (Å²) in [5, 5.41) is 0.608. The van der Waals surface area contributed by atoms with E-state index >= 15 is 0 Å². The quantitative estimate of drug-likeness (QED) is 0.614. The van der Waals surface area contributed by atoms with Crippen LogP contribution in [0.1, 0.15) is 29.3 Å². The second-order valence-electron chi connectivity index (χ2n) is 6.36. The monoisotopic (exact) mass is 438 g/mol. The minimum atomic E-state index is -0.488. The van der Waals surface area contributed by atoms with Crippen molar-refractivity contribution in [2.45, 2.75) is 24.9 Å². The van der Waals surface area contributed by atoms with Crippen molar-refractivity contribution in [2.24, 2.45) is 0 Å². The van der Waals surface area contributed by atoms with Gasteiger partial charge in [0.25, 0.3) is 0 Å². The molecule has 0 aromatic heterocycles. The van der Waals surface area contributed by atoms with Gasteiger partial charge in [-0.25, -0.2) is 4.79 Å². The molecule has 0 amide bonds. The van der Waals surface area contributed by atoms with Crippen molar-refractivity contribution >= 4 is 33.5 Å². The first-order valence-corrected chi connectivity index (χ1v) is 9.52. The summed E-state index contributed by atoms with van der Waals surface area (Å²) in [5.74, 6) is 0.356. The number of hydrogen-bond acceptors (Lipinski definition) is 4. The number of methoxy groups -OCH3 is 1. The summed E-state index contributed by atoms with van der Waals surface area (Å²) in [6.45, 7) is 2.70. The highest BCUT2D eigenvalue weighted by molar-refractivity contribution is 9.10. The van der Waals surface area contributed by atoms with Crippen LogP contribution in [0.2, 0.25) is 5.02 Å². The van der Waals surface area contributed by atoms with Crippen molar-refractivity contribution in [2.75, 3.05) is 20.3 Å². The van der Waals surface area contributed by atoms with Gasteiger partial charge in [0.05, 0.1) is 23.7 Å². The van der Waals surface area contributed by atoms with Gasteiger partial charge in [0.15, 0.2) is 0 Å². The molecule has 0 saturated heterocycles. The molecule has 138 valence electrons. The number of rotatable bonds is 5. The Morgan fingerprint density at radius 1 is 1.31 bits per heavy atom. The smallest absolute Gasteiger partial charge is 0.338 e. The van der Waals surface area contributed by atoms with Crippen LogP contribution in [0.15, 0.2) is 46.9 Å². The van der Waals surface area contributed by atoms with Crippen molar-refractivity contribution in [3.63, 3.8) is 0 Å². The highest BCUT2D eigenvalue weighted by Crippen LogP contribution is 2.43. The van der Waals surface area contributed by atoms with Crippen LogP contribution >= 0.6 is 27.5 Å². The maximum atomic E-state index is 12.5. The van der Waals surface area contributed by atoms with Crippen molar-refractivity contribution in [3.8, 4) is 5.75 Å². The third-order valence-electron chi connectivity index (χ3n) is 4.96. The van der Waals surface area contributed by atoms with Gasteiger partial charge in [0.2, 0.25) is 0 Å². The number of carbonyl (C=O) groups excluding carboxylic acids is 1. The van der Waals surface area contributed by atoms with Crippen LogP contribution in [0.4, 0.5) is 0 Å². The zero-order chi connectivity index (χ0) is 18.7. The van der Waals surface area contributed by atoms with Crippen LogP contribution in [0.25, 0.3) is 0 Å². The summed E-state index contributed by atoms with van der Waals surface area (Å²) < 4.78 is 18.0. The lowest BCUT2D eigenvalue weighted by atomic mass is 9.72. The minimum Gasteiger partial charge on any atom is -0.493 e. The third-order valence-corrected chi connectivity index (χ3v) is 5.72. The van der Waals surface area contributed by atoms with Crippen molar-refractivity contribution < 1.29 is 19.0 Å². The molecule has 1 unspecified atom stereocenters. The lowest BCUT2D eigenvalue weighted by Gasteiger charge is -2.42. The van der Waals surface area contributed by atoms with Crippen molar-refractivity contribution in [1.82, 2.24) is 0 Å². The van der Waals surface area contributed by atoms with E-state index in [9.17, 15) is 4.79 Å². The maximum Gasteiger partial charge on any atom is 0.338 e. The van der Waals surface area contributed by atoms with E-state index in [-0.39, 0.29) is 18.7 Å². The first kappa shape index (κ1) is 19.2. The van der Waals surface area contributed by atoms with E-state index in [4.69, 9.17) is 25.8 Å². The topological polar surface area (TPSA) is 44.8 Å². The highest BCUT2D eigenvalue weighted by Gasteiger charge is 2.44. The summed E-state index contributed by atoms with van der Waals surface area (Å²) in [6.07, 6.45) is 0.522. The minimum absolute atomic E-state index is 0.163. The summed E-state index contributed by atoms with van der Waals surface area (Å²) in [7, 11) is 1.66. The second kappa shape index (κ2) is 7.99. The molecule has 0 fully saturated rings. The predicted octanol–water partition coefficient (Wildman–Crippen LogP) is 5.01. The first-order chi connectivity index (χ1) is 12.5. The zero-order valence-corrected chi connectivity index (χ0v) is 17.0. The molecule has 0 radical (unpaired) electrons. The normalized spacial score (nSPS) is 20.0. The summed E-state index contributed by atoms with van der Waals surface area (Å²) in [5.41, 5.74) is 0.973. The molecular formula is C20H20BrClO4. The fourth-order valence-electron chi connectivity index (χ4n) is 3.28. The van der Waals surface area contributed by atoms with E-state index in [0.717, 1.165) is 10.0 Å². The van der Waals surface area contributed by atoms with Gasteiger partial charge >= 0.3 is 5.97 Å². The van der Waals surface area contributed by atoms with Crippen LogP contribution in [-0.2, 0) is 14.9 Å². The van der Waals surface area contributed by atoms with Crippen LogP contribution in [-0.4, -0.2) is 32.4 Å². The highest BCUT2D eigenvalue weighted by atomic mass is 79.9. The third kappa shape index (κ3) is 3.75. The number of esters is 1. The van der Waals surface area contributed by atoms with Crippen LogP contribution in [0.5, 0.6) is 5.75 Å². The largest absolute Gasteiger partial charge is 0.493 e. The summed E-state index contributed by atoms with van der Waals surface area (Å²) in [6, 6.07) is 12.6. The number of carbonyl (C=O) groups is 1. The standard InChI is InChI=1S/C20H20BrClO4/c1-13(24-2)20(9-10-25-18-11-16(22)7-8-17(18)20)12-26-19(23)14-3-5-15(21)6-4-14/h3-8,11,13H,9-10,12H2,1-2H3/t13?,20-/m1/s1. The Labute approximate surface area is 166 Å². The molecule has 1 aliphatic rings. The Morgan fingerprint density at radius 3 is 2.73 bits per heavy atom. The van der Waals surface area contributed by atoms with Gasteiger partial charge in [0.1, 0.15) is 12.4 Å². The number of ether oxygens (including phenoxy) is 3. The average Bonchev–Trinajstić information content (AvgIpc) is 2.65. The molecular weight excluding hydrogens is 420 g/mol. The Balaban J connectivity index is 1.88. The Bertz CT molecular complexity index is 793. The van der Waals surface area contributed by atoms with Gasteiger partial charge in [-0.1, -0.05) is 33.6 Å². The molecule has 0 aliphatic carbocycles. The zero-order valence-electron chi connectivity index (χ0n) is 14.6. The number of fused-ring (bicyclic) bond motifs is 1. The van der Waals surface area contributed by atoms with Crippen LogP contribution in [0, 0.1) is 0 Å². The van der Waals surface area contributed by atoms with E-state index in [1.165, 1.54) is 0 Å². The van der Waals surface area contributed by atoms with Gasteiger partial charge in [-0.3, -0.25) is 0 Å². The number of benzene rings is 2. The van der Waals surface area contributed by atoms with Crippen molar-refractivity contribution in [3.05, 3.63) is 63.1 Å². The molecule has 4 nitrogen and oxygen atoms in total. The fourth-order valence-corrected chi connectivity index (χ4v) is 3.71. The SMILES string of the molecule is COC(C)[C@]1(COC(=O)c2ccc(Br)cc2)CCOc2cc(Cl)ccc21. The van der Waals surface area contributed by atoms with E-state index in [1.807, 2.05) is 31.2 Å². The molecule has 0 N–H and O–H groups in total. The molecule has 2 aromatic carbocycles. The second-order valence-corrected chi connectivity index (χ2v) is 7.71. The molecule has 26 heavy (non-hydrogen) atoms. The Kier molecular flexibility index (Phi) is 5.90. The molecule has 0 bridgehead atoms. The molecule has 0 saturated carbocycles. The van der Waals surface area contributed by atoms with Gasteiger partial charge in [0, 0.05) is 22.2 Å². The summed E-state index contributed by atoms with van der Waals surface area (Å²) >= 11 is 9.47. The van der Waals surface area contributed by atoms with Gasteiger partial charge in [-0.05, 0) is 49.7 Å². The first-order valence-electron chi connectivity index (χ1n) is 8.34. The molecule has 1 aliphatic heterocycles. The molecule has 2 aromatic rings. The fraction of sp³-hybridized carbons (Fsp3) is 0.350. The van der Waals surface area contributed by atoms with Crippen LogP contribution < -0.4 is 4.74 Å². The number of hydrogen-bond donors (Lipinski definition) is 0. The maximum absolute atomic E-state index is 12.5. The van der Waals surface area contributed by atoms with E-state index < -0.39 is 5.41 Å². The van der Waals surface area contributed by atoms with Crippen LogP contribution in [0.3, 0.4) is 0 Å². The Hall–Kier alpha value is -1.56. The lowest BCUT2D eigenvalue weighted by Crippen LogP contribution is -2.47. The van der Waals surface area contributed by atoms with Gasteiger partial charge < -0.3 is 14.2 Å². The summed E-state index contributed by atoms with van der Waals surface area (Å²) in [4.78, 5) is 12.5. The van der Waals surface area contributed by atoms with E-state index in [1.54, 1.807) is 25.3 Å². The van der Waals surface area contributed by atoms with E-state index in [2.05, 4.69) is 15.9 Å². The molecule has 0 spiro atoms. The molecule has 2 atom stereocenters. The van der Waals surface area contributed by atoms with Crippen molar-refractivity contribution in [1.29, 1.82) is 0 Å². The Morgan fingerprint density at radius 2 is 2.04 bits per heavy atom.